The fourth-order valence-corrected chi connectivity index (χ4v) is 3.40. The highest BCUT2D eigenvalue weighted by molar-refractivity contribution is 14.0. The van der Waals surface area contributed by atoms with Crippen LogP contribution in [0.5, 0.6) is 0 Å². The average molecular weight is 479 g/mol. The first-order valence-electron chi connectivity index (χ1n) is 9.42. The topological polar surface area (TPSA) is 59.6 Å². The Balaban J connectivity index is 0.00000261. The van der Waals surface area contributed by atoms with E-state index in [2.05, 4.69) is 55.6 Å². The summed E-state index contributed by atoms with van der Waals surface area (Å²) in [6, 6.07) is 16.8. The van der Waals surface area contributed by atoms with Gasteiger partial charge in [0.15, 0.2) is 5.96 Å². The molecule has 3 N–H and O–H groups in total. The van der Waals surface area contributed by atoms with Crippen LogP contribution >= 0.6 is 24.0 Å². The first-order chi connectivity index (χ1) is 12.6. The van der Waals surface area contributed by atoms with E-state index in [0.717, 1.165) is 38.2 Å². The van der Waals surface area contributed by atoms with Crippen molar-refractivity contribution in [3.8, 4) is 0 Å². The molecule has 2 aromatic carbocycles. The van der Waals surface area contributed by atoms with Crippen LogP contribution in [0.2, 0.25) is 0 Å². The predicted octanol–water partition coefficient (Wildman–Crippen LogP) is 5.21. The molecule has 1 aliphatic rings. The summed E-state index contributed by atoms with van der Waals surface area (Å²) in [5, 5.41) is 3.25. The number of nitrogens with zero attached hydrogens (tertiary/aromatic N) is 1. The fraction of sp³-hybridized carbons (Fsp3) is 0.409. The van der Waals surface area contributed by atoms with Crippen LogP contribution in [-0.4, -0.2) is 19.2 Å². The van der Waals surface area contributed by atoms with Gasteiger partial charge in [-0.15, -0.1) is 24.0 Å². The zero-order valence-electron chi connectivity index (χ0n) is 16.2. The van der Waals surface area contributed by atoms with E-state index < -0.39 is 0 Å². The third kappa shape index (κ3) is 6.50. The number of hydrogen-bond donors (Lipinski definition) is 2. The molecule has 1 heterocycles. The minimum absolute atomic E-state index is 0. The second kappa shape index (κ2) is 10.7. The molecular weight excluding hydrogens is 449 g/mol. The molecular formula is C22H30IN3O. The summed E-state index contributed by atoms with van der Waals surface area (Å²) in [5.74, 6) is 1.10. The molecule has 27 heavy (non-hydrogen) atoms. The van der Waals surface area contributed by atoms with Crippen molar-refractivity contribution in [1.29, 1.82) is 0 Å². The number of nitrogens with two attached hydrogens (primary N) is 1. The zero-order chi connectivity index (χ0) is 18.4. The van der Waals surface area contributed by atoms with Crippen molar-refractivity contribution < 1.29 is 4.74 Å². The van der Waals surface area contributed by atoms with Crippen LogP contribution in [0.4, 0.5) is 5.69 Å². The van der Waals surface area contributed by atoms with Gasteiger partial charge in [0.05, 0.1) is 6.04 Å². The van der Waals surface area contributed by atoms with Crippen molar-refractivity contribution in [2.45, 2.75) is 39.2 Å². The molecule has 146 valence electrons. The maximum Gasteiger partial charge on any atom is 0.193 e. The molecule has 0 saturated carbocycles. The second-order valence-corrected chi connectivity index (χ2v) is 7.16. The van der Waals surface area contributed by atoms with E-state index in [0.29, 0.717) is 11.9 Å². The Morgan fingerprint density at radius 1 is 1.11 bits per heavy atom. The van der Waals surface area contributed by atoms with E-state index in [-0.39, 0.29) is 30.0 Å². The van der Waals surface area contributed by atoms with E-state index >= 15 is 0 Å². The Morgan fingerprint density at radius 2 is 1.81 bits per heavy atom. The van der Waals surface area contributed by atoms with E-state index in [1.165, 1.54) is 16.7 Å². The molecule has 0 aromatic heterocycles. The van der Waals surface area contributed by atoms with Gasteiger partial charge in [-0.05, 0) is 67.9 Å². The molecule has 1 aliphatic heterocycles. The van der Waals surface area contributed by atoms with Crippen LogP contribution in [-0.2, 0) is 4.74 Å². The van der Waals surface area contributed by atoms with Gasteiger partial charge in [-0.1, -0.05) is 36.4 Å². The number of aliphatic imine (C=N–C) groups is 1. The van der Waals surface area contributed by atoms with Crippen LogP contribution < -0.4 is 11.1 Å². The highest BCUT2D eigenvalue weighted by Crippen LogP contribution is 2.30. The van der Waals surface area contributed by atoms with Gasteiger partial charge in [0.1, 0.15) is 0 Å². The summed E-state index contributed by atoms with van der Waals surface area (Å²) in [6.07, 6.45) is 3.20. The monoisotopic (exact) mass is 479 g/mol. The van der Waals surface area contributed by atoms with E-state index in [4.69, 9.17) is 15.5 Å². The Kier molecular flexibility index (Phi) is 8.57. The number of nitrogens with one attached hydrogen (secondary N) is 1. The minimum atomic E-state index is 0. The molecule has 4 nitrogen and oxygen atoms in total. The highest BCUT2D eigenvalue weighted by atomic mass is 127. The van der Waals surface area contributed by atoms with Gasteiger partial charge in [0.25, 0.3) is 0 Å². The van der Waals surface area contributed by atoms with Gasteiger partial charge in [-0.3, -0.25) is 0 Å². The third-order valence-electron chi connectivity index (χ3n) is 5.16. The van der Waals surface area contributed by atoms with Crippen LogP contribution in [0.1, 0.15) is 42.0 Å². The quantitative estimate of drug-likeness (QED) is 0.352. The smallest absolute Gasteiger partial charge is 0.193 e. The van der Waals surface area contributed by atoms with E-state index in [9.17, 15) is 0 Å². The van der Waals surface area contributed by atoms with Crippen molar-refractivity contribution in [1.82, 2.24) is 0 Å². The summed E-state index contributed by atoms with van der Waals surface area (Å²) in [4.78, 5) is 4.83. The minimum Gasteiger partial charge on any atom is -0.381 e. The van der Waals surface area contributed by atoms with Crippen molar-refractivity contribution in [3.05, 3.63) is 65.2 Å². The molecule has 0 aliphatic carbocycles. The Labute approximate surface area is 179 Å². The average Bonchev–Trinajstić information content (AvgIpc) is 2.66. The summed E-state index contributed by atoms with van der Waals surface area (Å²) in [7, 11) is 0. The van der Waals surface area contributed by atoms with Crippen molar-refractivity contribution >= 4 is 35.6 Å². The van der Waals surface area contributed by atoms with Crippen LogP contribution in [0, 0.1) is 19.8 Å². The summed E-state index contributed by atoms with van der Waals surface area (Å²) in [5.41, 5.74) is 11.0. The standard InChI is InChI=1S/C22H29N3O.HI/c1-16-8-9-20(14-17(16)2)24-22(23)25-21(19-6-4-3-5-7-19)15-18-10-12-26-13-11-18;/h3-9,14,18,21H,10-13,15H2,1-2H3,(H3,23,24,25);1H. The van der Waals surface area contributed by atoms with Crippen LogP contribution in [0.15, 0.2) is 53.5 Å². The summed E-state index contributed by atoms with van der Waals surface area (Å²) in [6.45, 7) is 5.92. The lowest BCUT2D eigenvalue weighted by Gasteiger charge is -2.25. The number of ether oxygens (including phenoxy) is 1. The largest absolute Gasteiger partial charge is 0.381 e. The number of rotatable bonds is 5. The molecule has 0 bridgehead atoms. The fourth-order valence-electron chi connectivity index (χ4n) is 3.40. The maximum atomic E-state index is 6.25. The van der Waals surface area contributed by atoms with Crippen LogP contribution in [0.25, 0.3) is 0 Å². The van der Waals surface area contributed by atoms with Crippen molar-refractivity contribution in [3.63, 3.8) is 0 Å². The Hall–Kier alpha value is -1.60. The predicted molar refractivity (Wildman–Crippen MR) is 124 cm³/mol. The number of aryl methyl sites for hydroxylation is 2. The van der Waals surface area contributed by atoms with Crippen LogP contribution in [0.3, 0.4) is 0 Å². The first kappa shape index (κ1) is 21.7. The molecule has 1 saturated heterocycles. The van der Waals surface area contributed by atoms with Crippen molar-refractivity contribution in [2.24, 2.45) is 16.6 Å². The van der Waals surface area contributed by atoms with E-state index in [1.807, 2.05) is 12.1 Å². The lowest BCUT2D eigenvalue weighted by molar-refractivity contribution is 0.0619. The maximum absolute atomic E-state index is 6.25. The normalized spacial score (nSPS) is 16.4. The van der Waals surface area contributed by atoms with Gasteiger partial charge in [-0.25, -0.2) is 4.99 Å². The third-order valence-corrected chi connectivity index (χ3v) is 5.16. The molecule has 1 fully saturated rings. The molecule has 1 atom stereocenters. The molecule has 2 aromatic rings. The zero-order valence-corrected chi connectivity index (χ0v) is 18.5. The number of halogens is 1. The van der Waals surface area contributed by atoms with Gasteiger partial charge in [0, 0.05) is 18.9 Å². The molecule has 0 radical (unpaired) electrons. The molecule has 3 rings (SSSR count). The Bertz CT molecular complexity index is 742. The molecule has 0 spiro atoms. The second-order valence-electron chi connectivity index (χ2n) is 7.16. The number of guanidine groups is 1. The number of anilines is 1. The highest BCUT2D eigenvalue weighted by Gasteiger charge is 2.20. The molecule has 5 heteroatoms. The number of hydrogen-bond acceptors (Lipinski definition) is 2. The summed E-state index contributed by atoms with van der Waals surface area (Å²) >= 11 is 0. The lowest BCUT2D eigenvalue weighted by atomic mass is 9.90. The Morgan fingerprint density at radius 3 is 2.48 bits per heavy atom. The van der Waals surface area contributed by atoms with Gasteiger partial charge in [-0.2, -0.15) is 0 Å². The van der Waals surface area contributed by atoms with Gasteiger partial charge in [0.2, 0.25) is 0 Å². The first-order valence-corrected chi connectivity index (χ1v) is 9.42. The molecule has 1 unspecified atom stereocenters. The molecule has 0 amide bonds. The SMILES string of the molecule is Cc1ccc(NC(N)=NC(CC2CCOCC2)c2ccccc2)cc1C.I. The van der Waals surface area contributed by atoms with Crippen molar-refractivity contribution in [2.75, 3.05) is 18.5 Å². The van der Waals surface area contributed by atoms with Gasteiger partial charge < -0.3 is 15.8 Å². The number of benzene rings is 2. The van der Waals surface area contributed by atoms with Gasteiger partial charge >= 0.3 is 0 Å². The van der Waals surface area contributed by atoms with E-state index in [1.54, 1.807) is 0 Å². The summed E-state index contributed by atoms with van der Waals surface area (Å²) < 4.78 is 5.50. The lowest BCUT2D eigenvalue weighted by Crippen LogP contribution is -2.25.